The minimum Gasteiger partial charge on any atom is -0.467 e. The Balaban J connectivity index is 1.77. The first-order chi connectivity index (χ1) is 19.1. The van der Waals surface area contributed by atoms with Gasteiger partial charge in [-0.25, -0.2) is 29.5 Å². The van der Waals surface area contributed by atoms with E-state index < -0.39 is 35.7 Å². The molecule has 0 radical (unpaired) electrons. The lowest BCUT2D eigenvalue weighted by molar-refractivity contribution is -0.212. The minimum absolute atomic E-state index is 0.0173. The van der Waals surface area contributed by atoms with Crippen LogP contribution in [-0.2, 0) is 41.9 Å². The average molecular weight is 556 g/mol. The van der Waals surface area contributed by atoms with Crippen LogP contribution in [0.25, 0.3) is 0 Å². The summed E-state index contributed by atoms with van der Waals surface area (Å²) < 4.78 is 15.7. The largest absolute Gasteiger partial charge is 0.467 e. The van der Waals surface area contributed by atoms with E-state index in [9.17, 15) is 19.2 Å². The van der Waals surface area contributed by atoms with Crippen molar-refractivity contribution in [1.29, 1.82) is 0 Å². The maximum atomic E-state index is 13.9. The van der Waals surface area contributed by atoms with E-state index in [4.69, 9.17) is 19.0 Å². The molecule has 216 valence electrons. The van der Waals surface area contributed by atoms with Crippen LogP contribution in [0.15, 0.2) is 60.7 Å². The first-order valence-electron chi connectivity index (χ1n) is 13.1. The van der Waals surface area contributed by atoms with Crippen molar-refractivity contribution in [1.82, 2.24) is 15.1 Å². The highest BCUT2D eigenvalue weighted by Gasteiger charge is 2.44. The molecule has 1 saturated heterocycles. The molecule has 1 aliphatic heterocycles. The predicted octanol–water partition coefficient (Wildman–Crippen LogP) is 4.46. The number of benzene rings is 2. The van der Waals surface area contributed by atoms with Crippen LogP contribution in [0.4, 0.5) is 9.59 Å². The smallest absolute Gasteiger partial charge is 0.429 e. The second-order valence-electron chi connectivity index (χ2n) is 10.2. The van der Waals surface area contributed by atoms with Gasteiger partial charge in [0.15, 0.2) is 6.04 Å². The van der Waals surface area contributed by atoms with Crippen LogP contribution in [0.3, 0.4) is 0 Å². The number of nitrogens with zero attached hydrogens (tertiary/aromatic N) is 3. The number of ether oxygens (including phenoxy) is 3. The molecule has 3 amide bonds. The van der Waals surface area contributed by atoms with Gasteiger partial charge >= 0.3 is 24.1 Å². The normalized spacial score (nSPS) is 15.2. The number of urea groups is 1. The fourth-order valence-electron chi connectivity index (χ4n) is 4.02. The van der Waals surface area contributed by atoms with E-state index in [2.05, 4.69) is 0 Å². The third kappa shape index (κ3) is 8.98. The van der Waals surface area contributed by atoms with E-state index in [1.807, 2.05) is 48.5 Å². The summed E-state index contributed by atoms with van der Waals surface area (Å²) in [6.45, 7) is 5.24. The number of rotatable bonds is 9. The van der Waals surface area contributed by atoms with Crippen LogP contribution in [0.5, 0.6) is 0 Å². The summed E-state index contributed by atoms with van der Waals surface area (Å²) in [6.07, 6.45) is -0.271. The Morgan fingerprint density at radius 2 is 1.48 bits per heavy atom. The monoisotopic (exact) mass is 555 g/mol. The van der Waals surface area contributed by atoms with Gasteiger partial charge in [0.25, 0.3) is 0 Å². The maximum Gasteiger partial charge on any atom is 0.429 e. The predicted molar refractivity (Wildman–Crippen MR) is 144 cm³/mol. The van der Waals surface area contributed by atoms with E-state index in [1.165, 1.54) is 7.11 Å². The van der Waals surface area contributed by atoms with Crippen molar-refractivity contribution in [2.24, 2.45) is 0 Å². The first-order valence-corrected chi connectivity index (χ1v) is 13.1. The fourth-order valence-corrected chi connectivity index (χ4v) is 4.02. The number of hydroxylamine groups is 2. The SMILES string of the molecule is COC(=O)[C@@H]1CCCN(C(=O)OCc2ccccc2)N1C(=O)N(CCC(=O)OCc1ccccc1)OC(C)(C)C. The van der Waals surface area contributed by atoms with Crippen LogP contribution in [0.1, 0.15) is 51.2 Å². The van der Waals surface area contributed by atoms with Gasteiger partial charge in [0.2, 0.25) is 0 Å². The van der Waals surface area contributed by atoms with Gasteiger partial charge in [0.05, 0.1) is 25.7 Å². The molecule has 3 rings (SSSR count). The van der Waals surface area contributed by atoms with Gasteiger partial charge in [-0.3, -0.25) is 9.63 Å². The Morgan fingerprint density at radius 3 is 2.02 bits per heavy atom. The molecule has 2 aromatic carbocycles. The van der Waals surface area contributed by atoms with Crippen molar-refractivity contribution in [3.8, 4) is 0 Å². The summed E-state index contributed by atoms with van der Waals surface area (Å²) >= 11 is 0. The summed E-state index contributed by atoms with van der Waals surface area (Å²) in [5.41, 5.74) is 0.759. The zero-order chi connectivity index (χ0) is 29.1. The highest BCUT2D eigenvalue weighted by molar-refractivity contribution is 5.85. The summed E-state index contributed by atoms with van der Waals surface area (Å²) in [6, 6.07) is 16.4. The molecule has 1 atom stereocenters. The molecule has 0 bridgehead atoms. The summed E-state index contributed by atoms with van der Waals surface area (Å²) in [7, 11) is 1.21. The molecule has 40 heavy (non-hydrogen) atoms. The van der Waals surface area contributed by atoms with Crippen LogP contribution in [0.2, 0.25) is 0 Å². The number of methoxy groups -OCH3 is 1. The number of hydrogen-bond donors (Lipinski definition) is 0. The molecule has 1 aliphatic rings. The highest BCUT2D eigenvalue weighted by atomic mass is 16.7. The molecular weight excluding hydrogens is 518 g/mol. The minimum atomic E-state index is -1.09. The number of carbonyl (C=O) groups is 4. The van der Waals surface area contributed by atoms with Crippen molar-refractivity contribution in [2.75, 3.05) is 20.2 Å². The second-order valence-corrected chi connectivity index (χ2v) is 10.2. The molecule has 0 spiro atoms. The van der Waals surface area contributed by atoms with Gasteiger partial charge in [-0.1, -0.05) is 60.7 Å². The van der Waals surface area contributed by atoms with Crippen LogP contribution in [0, 0.1) is 0 Å². The van der Waals surface area contributed by atoms with Crippen molar-refractivity contribution in [3.63, 3.8) is 0 Å². The first kappa shape index (κ1) is 30.4. The van der Waals surface area contributed by atoms with Crippen LogP contribution in [-0.4, -0.2) is 71.0 Å². The van der Waals surface area contributed by atoms with E-state index in [0.29, 0.717) is 6.42 Å². The van der Waals surface area contributed by atoms with Gasteiger partial charge in [-0.2, -0.15) is 0 Å². The van der Waals surface area contributed by atoms with Gasteiger partial charge in [0.1, 0.15) is 13.2 Å². The zero-order valence-corrected chi connectivity index (χ0v) is 23.4. The third-order valence-electron chi connectivity index (χ3n) is 5.85. The molecular formula is C29H37N3O8. The second kappa shape index (κ2) is 14.3. The quantitative estimate of drug-likeness (QED) is 0.253. The summed E-state index contributed by atoms with van der Waals surface area (Å²) in [4.78, 5) is 58.2. The van der Waals surface area contributed by atoms with E-state index in [1.54, 1.807) is 32.9 Å². The number of amides is 3. The van der Waals surface area contributed by atoms with E-state index >= 15 is 0 Å². The Labute approximate surface area is 234 Å². The lowest BCUT2D eigenvalue weighted by Gasteiger charge is -2.44. The Kier molecular flexibility index (Phi) is 10.9. The van der Waals surface area contributed by atoms with Gasteiger partial charge in [0, 0.05) is 6.54 Å². The van der Waals surface area contributed by atoms with Gasteiger partial charge in [-0.05, 0) is 44.7 Å². The molecule has 11 heteroatoms. The number of hydrazine groups is 1. The molecule has 1 heterocycles. The van der Waals surface area contributed by atoms with Crippen molar-refractivity contribution >= 4 is 24.1 Å². The van der Waals surface area contributed by atoms with Crippen molar-refractivity contribution in [2.45, 2.75) is 64.9 Å². The number of carbonyl (C=O) groups excluding carboxylic acids is 4. The third-order valence-corrected chi connectivity index (χ3v) is 5.85. The fraction of sp³-hybridized carbons (Fsp3) is 0.448. The molecule has 0 aliphatic carbocycles. The van der Waals surface area contributed by atoms with Gasteiger partial charge in [-0.15, -0.1) is 0 Å². The summed E-state index contributed by atoms with van der Waals surface area (Å²) in [5, 5.41) is 3.06. The van der Waals surface area contributed by atoms with Crippen LogP contribution < -0.4 is 0 Å². The molecule has 1 fully saturated rings. The highest BCUT2D eigenvalue weighted by Crippen LogP contribution is 2.24. The maximum absolute atomic E-state index is 13.9. The van der Waals surface area contributed by atoms with E-state index in [0.717, 1.165) is 26.2 Å². The van der Waals surface area contributed by atoms with Gasteiger partial charge < -0.3 is 14.2 Å². The Hall–Kier alpha value is -4.12. The van der Waals surface area contributed by atoms with Crippen LogP contribution >= 0.6 is 0 Å². The lowest BCUT2D eigenvalue weighted by Crippen LogP contribution is -2.63. The zero-order valence-electron chi connectivity index (χ0n) is 23.4. The van der Waals surface area contributed by atoms with Crippen molar-refractivity contribution in [3.05, 3.63) is 71.8 Å². The molecule has 0 unspecified atom stereocenters. The molecule has 11 nitrogen and oxygen atoms in total. The van der Waals surface area contributed by atoms with E-state index in [-0.39, 0.29) is 39.1 Å². The molecule has 0 aromatic heterocycles. The van der Waals surface area contributed by atoms with Crippen molar-refractivity contribution < 1.29 is 38.2 Å². The number of esters is 2. The molecule has 0 saturated carbocycles. The molecule has 0 N–H and O–H groups in total. The molecule has 2 aromatic rings. The standard InChI is InChI=1S/C29H37N3O8/c1-29(2,3)40-31(19-17-25(33)38-20-22-12-7-5-8-13-22)27(35)32-24(26(34)37-4)16-11-18-30(32)28(36)39-21-23-14-9-6-10-15-23/h5-10,12-15,24H,11,16-21H2,1-4H3/t24-/m0/s1. The average Bonchev–Trinajstić information content (AvgIpc) is 2.96. The summed E-state index contributed by atoms with van der Waals surface area (Å²) in [5.74, 6) is -1.23. The lowest BCUT2D eigenvalue weighted by atomic mass is 10.1. The Morgan fingerprint density at radius 1 is 0.900 bits per heavy atom. The Bertz CT molecular complexity index is 1140. The topological polar surface area (TPSA) is 115 Å². The number of hydrogen-bond acceptors (Lipinski definition) is 8.